The number of ether oxygens (including phenoxy) is 6. The van der Waals surface area contributed by atoms with E-state index in [1.165, 1.54) is 77.9 Å². The lowest BCUT2D eigenvalue weighted by atomic mass is 9.66. The molecule has 18 aromatic carbocycles. The molecule has 0 unspecified atom stereocenters. The second kappa shape index (κ2) is 38.2. The van der Waals surface area contributed by atoms with Crippen LogP contribution < -0.4 is 28.4 Å². The van der Waals surface area contributed by atoms with Gasteiger partial charge in [-0.05, 0) is 321 Å². The molecule has 12 heteroatoms. The Hall–Kier alpha value is -17.0. The molecule has 0 saturated heterocycles. The Morgan fingerprint density at radius 2 is 0.426 bits per heavy atom. The molecule has 3 aliphatic rings. The van der Waals surface area contributed by atoms with Crippen LogP contribution in [-0.4, -0.2) is 56.6 Å². The fraction of sp³-hybridized carbons (Fsp3) is 0.132. The zero-order valence-electron chi connectivity index (χ0n) is 81.2. The molecule has 0 aromatic heterocycles. The maximum atomic E-state index is 13.5. The number of methoxy groups -OCH3 is 3. The Bertz CT molecular complexity index is 7810. The van der Waals surface area contributed by atoms with E-state index < -0.39 is 34.2 Å². The summed E-state index contributed by atoms with van der Waals surface area (Å²) in [7, 11) is 5.12. The molecule has 0 heterocycles. The number of hydrogen-bond donors (Lipinski definition) is 0. The van der Waals surface area contributed by atoms with Crippen LogP contribution in [0.25, 0.3) is 66.4 Å². The summed E-state index contributed by atoms with van der Waals surface area (Å²) in [4.78, 5) is 75.3. The molecule has 0 atom stereocenters. The lowest BCUT2D eigenvalue weighted by Gasteiger charge is -2.35. The monoisotopic (exact) mass is 1840 g/mol. The average Bonchev–Trinajstić information content (AvgIpc) is 1.47. The SMILES string of the molecule is COc1c(C)cc(C2(c3cc(C)c(OC(=O)c4ccc(-c5ccc(C(C)=O)cc5)cc4)c(C)c3)c3ccccc3-c3ccccc32)cc1C.COc1c(C)cc(C2(c3cc(C)c(OC(=O)c4ccc5cc(C(C)=O)ccc5c4)c(C)c3)c3ccccc3-c3ccccc32)cc1C.COc1ccc(C2(c3ccc(OC(=O)c4ccc(-c5ccc(C(C)=O)cc5)cc4)cc3)c3ccccc3-c3ccccc32)cc1. The molecule has 0 fully saturated rings. The first kappa shape index (κ1) is 93.1. The maximum Gasteiger partial charge on any atom is 0.343 e. The minimum Gasteiger partial charge on any atom is -0.497 e. The molecule has 692 valence electrons. The van der Waals surface area contributed by atoms with E-state index in [0.717, 1.165) is 117 Å². The number of benzene rings is 18. The van der Waals surface area contributed by atoms with E-state index in [-0.39, 0.29) is 17.3 Å². The Morgan fingerprint density at radius 1 is 0.199 bits per heavy atom. The summed E-state index contributed by atoms with van der Waals surface area (Å²) in [6.45, 7) is 21.1. The van der Waals surface area contributed by atoms with Crippen molar-refractivity contribution in [3.8, 4) is 90.1 Å². The van der Waals surface area contributed by atoms with Gasteiger partial charge in [-0.2, -0.15) is 0 Å². The molecule has 12 nitrogen and oxygen atoms in total. The van der Waals surface area contributed by atoms with Crippen LogP contribution in [0.4, 0.5) is 0 Å². The predicted molar refractivity (Wildman–Crippen MR) is 561 cm³/mol. The van der Waals surface area contributed by atoms with Gasteiger partial charge in [0.1, 0.15) is 34.5 Å². The standard InChI is InChI=1S/C45H38O4.C43H36O4.C41H30O4/c1-27-23-36(24-28(2)42(27)48-6)45(40-13-9-7-11-38(40)39-12-8-10-14-41(39)45)37-25-29(3)43(30(4)26-37)49-44(47)35-21-19-34(20-22-35)33-17-15-32(16-18-33)31(5)46;1-25-19-34(20-26(2)40(25)46-6)43(38-13-9-7-11-36(38)37-12-8-10-14-39(37)43)35-21-27(3)41(28(4)22-35)47-42(45)33-18-17-31-23-30(29(5)44)15-16-32(31)24-33;1-27(42)28-11-13-29(14-12-28)30-15-17-31(18-16-30)40(43)45-35-25-21-33(22-26-35)41(32-19-23-34(44-2)24-20-32)38-9-5-3-7-36(38)37-8-4-6-10-39(37)41/h7-26H,1-6H3;7-24H,1-6H3;3-26H,1-2H3. The number of carbonyl (C=O) groups excluding carboxylic acids is 6. The Labute approximate surface area is 822 Å². The number of carbonyl (C=O) groups is 6. The molecule has 0 spiro atoms. The predicted octanol–water partition coefficient (Wildman–Crippen LogP) is 29.4. The first-order valence-corrected chi connectivity index (χ1v) is 47.3. The Balaban J connectivity index is 0.000000135. The van der Waals surface area contributed by atoms with Gasteiger partial charge >= 0.3 is 17.9 Å². The minimum absolute atomic E-state index is 0.00778. The number of fused-ring (bicyclic) bond motifs is 10. The fourth-order valence-electron chi connectivity index (χ4n) is 21.8. The first-order valence-electron chi connectivity index (χ1n) is 47.3. The lowest BCUT2D eigenvalue weighted by molar-refractivity contribution is 0.0723. The smallest absolute Gasteiger partial charge is 0.343 e. The largest absolute Gasteiger partial charge is 0.497 e. The van der Waals surface area contributed by atoms with E-state index in [1.807, 2.05) is 149 Å². The zero-order chi connectivity index (χ0) is 98.5. The van der Waals surface area contributed by atoms with Crippen LogP contribution in [0.15, 0.2) is 376 Å². The van der Waals surface area contributed by atoms with Crippen LogP contribution in [-0.2, 0) is 16.2 Å². The molecule has 0 aliphatic heterocycles. The number of Topliss-reactive ketones (excluding diaryl/α,β-unsaturated/α-hetero) is 3. The summed E-state index contributed by atoms with van der Waals surface area (Å²) < 4.78 is 35.1. The van der Waals surface area contributed by atoms with Crippen molar-refractivity contribution in [1.82, 2.24) is 0 Å². The average molecular weight is 1850 g/mol. The van der Waals surface area contributed by atoms with Crippen LogP contribution in [0.1, 0.15) is 194 Å². The van der Waals surface area contributed by atoms with Gasteiger partial charge in [0.2, 0.25) is 0 Å². The van der Waals surface area contributed by atoms with Gasteiger partial charge in [-0.15, -0.1) is 0 Å². The van der Waals surface area contributed by atoms with Crippen LogP contribution >= 0.6 is 0 Å². The van der Waals surface area contributed by atoms with Crippen LogP contribution in [0.3, 0.4) is 0 Å². The molecular weight excluding hydrogens is 1740 g/mol. The normalized spacial score (nSPS) is 12.7. The minimum atomic E-state index is -0.593. The number of ketones is 3. The van der Waals surface area contributed by atoms with Crippen LogP contribution in [0.2, 0.25) is 0 Å². The Morgan fingerprint density at radius 3 is 0.702 bits per heavy atom. The third kappa shape index (κ3) is 16.6. The summed E-state index contributed by atoms with van der Waals surface area (Å²) in [5, 5.41) is 1.77. The topological polar surface area (TPSA) is 158 Å². The molecule has 0 N–H and O–H groups in total. The number of esters is 3. The second-order valence-electron chi connectivity index (χ2n) is 36.9. The molecule has 141 heavy (non-hydrogen) atoms. The molecule has 0 bridgehead atoms. The molecule has 0 amide bonds. The molecule has 3 aliphatic carbocycles. The van der Waals surface area contributed by atoms with Crippen LogP contribution in [0, 0.1) is 55.4 Å². The summed E-state index contributed by atoms with van der Waals surface area (Å²) in [5.74, 6) is 2.99. The van der Waals surface area contributed by atoms with E-state index in [1.54, 1.807) is 78.5 Å². The van der Waals surface area contributed by atoms with Gasteiger partial charge in [-0.3, -0.25) is 14.4 Å². The van der Waals surface area contributed by atoms with Gasteiger partial charge in [0, 0.05) is 16.7 Å². The summed E-state index contributed by atoms with van der Waals surface area (Å²) in [5.41, 5.74) is 34.6. The first-order chi connectivity index (χ1) is 68.2. The van der Waals surface area contributed by atoms with E-state index in [0.29, 0.717) is 50.6 Å². The summed E-state index contributed by atoms with van der Waals surface area (Å²) in [6, 6.07) is 126. The van der Waals surface area contributed by atoms with E-state index >= 15 is 0 Å². The third-order valence-electron chi connectivity index (χ3n) is 28.2. The molecule has 0 radical (unpaired) electrons. The van der Waals surface area contributed by atoms with Gasteiger partial charge in [0.25, 0.3) is 0 Å². The molecule has 18 aromatic rings. The van der Waals surface area contributed by atoms with Gasteiger partial charge < -0.3 is 28.4 Å². The van der Waals surface area contributed by atoms with Crippen molar-refractivity contribution in [2.75, 3.05) is 21.3 Å². The number of aryl methyl sites for hydroxylation is 8. The van der Waals surface area contributed by atoms with Crippen LogP contribution in [0.5, 0.6) is 34.5 Å². The third-order valence-corrected chi connectivity index (χ3v) is 28.2. The van der Waals surface area contributed by atoms with Gasteiger partial charge in [0.05, 0.1) is 54.3 Å². The van der Waals surface area contributed by atoms with Crippen molar-refractivity contribution >= 4 is 46.0 Å². The fourth-order valence-corrected chi connectivity index (χ4v) is 21.8. The van der Waals surface area contributed by atoms with Crippen molar-refractivity contribution in [3.63, 3.8) is 0 Å². The van der Waals surface area contributed by atoms with Gasteiger partial charge in [-0.1, -0.05) is 309 Å². The highest BCUT2D eigenvalue weighted by atomic mass is 16.5. The van der Waals surface area contributed by atoms with Crippen molar-refractivity contribution in [3.05, 3.63) is 521 Å². The highest BCUT2D eigenvalue weighted by Gasteiger charge is 2.50. The number of hydrogen-bond acceptors (Lipinski definition) is 12. The van der Waals surface area contributed by atoms with Gasteiger partial charge in [-0.25, -0.2) is 14.4 Å². The molecule has 21 rings (SSSR count). The molecular formula is C129H104O12. The highest BCUT2D eigenvalue weighted by Crippen LogP contribution is 2.61. The summed E-state index contributed by atoms with van der Waals surface area (Å²) in [6.07, 6.45) is 0. The van der Waals surface area contributed by atoms with Gasteiger partial charge in [0.15, 0.2) is 17.3 Å². The maximum absolute atomic E-state index is 13.5. The summed E-state index contributed by atoms with van der Waals surface area (Å²) >= 11 is 0. The lowest BCUT2D eigenvalue weighted by Crippen LogP contribution is -2.29. The molecule has 0 saturated carbocycles. The quantitative estimate of drug-likeness (QED) is 0.0405. The van der Waals surface area contributed by atoms with Crippen molar-refractivity contribution in [1.29, 1.82) is 0 Å². The van der Waals surface area contributed by atoms with E-state index in [4.69, 9.17) is 28.4 Å². The zero-order valence-corrected chi connectivity index (χ0v) is 81.2. The van der Waals surface area contributed by atoms with Crippen molar-refractivity contribution in [2.24, 2.45) is 0 Å². The number of rotatable bonds is 20. The highest BCUT2D eigenvalue weighted by molar-refractivity contribution is 6.02. The van der Waals surface area contributed by atoms with Crippen molar-refractivity contribution in [2.45, 2.75) is 92.4 Å². The second-order valence-corrected chi connectivity index (χ2v) is 36.9. The van der Waals surface area contributed by atoms with E-state index in [2.05, 4.69) is 246 Å². The van der Waals surface area contributed by atoms with E-state index in [9.17, 15) is 28.8 Å². The van der Waals surface area contributed by atoms with Crippen molar-refractivity contribution < 1.29 is 57.2 Å². The Kier molecular flexibility index (Phi) is 25.2.